The van der Waals surface area contributed by atoms with Crippen LogP contribution in [0.15, 0.2) is 18.2 Å². The number of rotatable bonds is 5. The average Bonchev–Trinajstić information content (AvgIpc) is 2.29. The van der Waals surface area contributed by atoms with Crippen molar-refractivity contribution in [1.82, 2.24) is 5.32 Å². The van der Waals surface area contributed by atoms with Crippen LogP contribution in [0.1, 0.15) is 10.4 Å². The highest BCUT2D eigenvalue weighted by Crippen LogP contribution is 2.19. The molecule has 0 bridgehead atoms. The summed E-state index contributed by atoms with van der Waals surface area (Å²) < 4.78 is 5.58. The van der Waals surface area contributed by atoms with Crippen molar-refractivity contribution in [2.45, 2.75) is 6.10 Å². The van der Waals surface area contributed by atoms with Crippen LogP contribution in [0, 0.1) is 3.57 Å². The molecule has 1 unspecified atom stereocenters. The Morgan fingerprint density at radius 3 is 2.94 bits per heavy atom. The molecule has 94 valence electrons. The second-order valence-corrected chi connectivity index (χ2v) is 4.73. The van der Waals surface area contributed by atoms with Crippen LogP contribution in [0.2, 0.25) is 0 Å². The zero-order chi connectivity index (χ0) is 12.8. The van der Waals surface area contributed by atoms with Gasteiger partial charge in [-0.2, -0.15) is 0 Å². The van der Waals surface area contributed by atoms with Gasteiger partial charge in [-0.15, -0.1) is 0 Å². The monoisotopic (exact) mass is 351 g/mol. The summed E-state index contributed by atoms with van der Waals surface area (Å²) in [7, 11) is 1.47. The third kappa shape index (κ3) is 4.49. The smallest absolute Gasteiger partial charge is 0.255 e. The van der Waals surface area contributed by atoms with Gasteiger partial charge in [-0.25, -0.2) is 0 Å². The van der Waals surface area contributed by atoms with Crippen molar-refractivity contribution in [1.29, 1.82) is 0 Å². The minimum absolute atomic E-state index is 0.0795. The first-order valence-electron chi connectivity index (χ1n) is 4.98. The Morgan fingerprint density at radius 1 is 1.59 bits per heavy atom. The predicted octanol–water partition coefficient (Wildman–Crippen LogP) is 0.734. The first kappa shape index (κ1) is 14.2. The SMILES string of the molecule is COCC(O)CNC(=O)c1cc(I)ccc1O. The molecule has 0 fully saturated rings. The van der Waals surface area contributed by atoms with E-state index in [4.69, 9.17) is 4.74 Å². The van der Waals surface area contributed by atoms with Crippen LogP contribution >= 0.6 is 22.6 Å². The number of carbonyl (C=O) groups excluding carboxylic acids is 1. The van der Waals surface area contributed by atoms with E-state index in [0.717, 1.165) is 3.57 Å². The molecule has 0 heterocycles. The van der Waals surface area contributed by atoms with E-state index in [1.807, 2.05) is 0 Å². The van der Waals surface area contributed by atoms with Crippen LogP contribution in [-0.4, -0.2) is 42.5 Å². The number of benzene rings is 1. The van der Waals surface area contributed by atoms with Gasteiger partial charge in [0, 0.05) is 17.2 Å². The molecule has 1 rings (SSSR count). The molecule has 0 aromatic heterocycles. The van der Waals surface area contributed by atoms with Crippen molar-refractivity contribution in [3.63, 3.8) is 0 Å². The quantitative estimate of drug-likeness (QED) is 0.684. The standard InChI is InChI=1S/C11H14INO4/c1-17-6-8(14)5-13-11(16)9-4-7(12)2-3-10(9)15/h2-4,8,14-15H,5-6H2,1H3,(H,13,16). The number of carbonyl (C=O) groups is 1. The fourth-order valence-electron chi connectivity index (χ4n) is 1.25. The maximum atomic E-state index is 11.7. The van der Waals surface area contributed by atoms with Crippen LogP contribution in [0.5, 0.6) is 5.75 Å². The lowest BCUT2D eigenvalue weighted by molar-refractivity contribution is 0.0609. The van der Waals surface area contributed by atoms with E-state index in [1.54, 1.807) is 12.1 Å². The van der Waals surface area contributed by atoms with Gasteiger partial charge in [0.25, 0.3) is 5.91 Å². The Labute approximate surface area is 113 Å². The van der Waals surface area contributed by atoms with Gasteiger partial charge in [0.2, 0.25) is 0 Å². The highest BCUT2D eigenvalue weighted by atomic mass is 127. The average molecular weight is 351 g/mol. The molecule has 17 heavy (non-hydrogen) atoms. The molecule has 1 aromatic carbocycles. The number of ether oxygens (including phenoxy) is 1. The van der Waals surface area contributed by atoms with Crippen molar-refractivity contribution >= 4 is 28.5 Å². The molecule has 0 aliphatic rings. The van der Waals surface area contributed by atoms with Gasteiger partial charge >= 0.3 is 0 Å². The van der Waals surface area contributed by atoms with Gasteiger partial charge in [-0.3, -0.25) is 4.79 Å². The third-order valence-electron chi connectivity index (χ3n) is 2.06. The van der Waals surface area contributed by atoms with E-state index in [1.165, 1.54) is 13.2 Å². The summed E-state index contributed by atoms with van der Waals surface area (Å²) >= 11 is 2.05. The summed E-state index contributed by atoms with van der Waals surface area (Å²) in [6, 6.07) is 4.74. The van der Waals surface area contributed by atoms with Crippen LogP contribution in [0.4, 0.5) is 0 Å². The van der Waals surface area contributed by atoms with Crippen molar-refractivity contribution < 1.29 is 19.7 Å². The van der Waals surface area contributed by atoms with Crippen molar-refractivity contribution in [2.24, 2.45) is 0 Å². The van der Waals surface area contributed by atoms with Crippen LogP contribution in [0.25, 0.3) is 0 Å². The molecule has 3 N–H and O–H groups in total. The Morgan fingerprint density at radius 2 is 2.29 bits per heavy atom. The third-order valence-corrected chi connectivity index (χ3v) is 2.73. The zero-order valence-electron chi connectivity index (χ0n) is 9.31. The molecule has 1 atom stereocenters. The summed E-state index contributed by atoms with van der Waals surface area (Å²) in [5, 5.41) is 21.4. The summed E-state index contributed by atoms with van der Waals surface area (Å²) in [6.07, 6.45) is -0.756. The lowest BCUT2D eigenvalue weighted by Crippen LogP contribution is -2.34. The maximum Gasteiger partial charge on any atom is 0.255 e. The normalized spacial score (nSPS) is 12.2. The number of aromatic hydroxyl groups is 1. The first-order chi connectivity index (χ1) is 8.04. The minimum atomic E-state index is -0.756. The highest BCUT2D eigenvalue weighted by molar-refractivity contribution is 14.1. The fourth-order valence-corrected chi connectivity index (χ4v) is 1.74. The fraction of sp³-hybridized carbons (Fsp3) is 0.364. The number of phenols is 1. The topological polar surface area (TPSA) is 78.8 Å². The van der Waals surface area contributed by atoms with Gasteiger partial charge in [0.05, 0.1) is 18.3 Å². The van der Waals surface area contributed by atoms with E-state index < -0.39 is 12.0 Å². The van der Waals surface area contributed by atoms with Gasteiger partial charge < -0.3 is 20.3 Å². The molecule has 0 saturated carbocycles. The largest absolute Gasteiger partial charge is 0.507 e. The number of hydrogen-bond donors (Lipinski definition) is 3. The zero-order valence-corrected chi connectivity index (χ0v) is 11.5. The molecule has 1 amide bonds. The van der Waals surface area contributed by atoms with Gasteiger partial charge in [0.1, 0.15) is 5.75 Å². The van der Waals surface area contributed by atoms with Crippen LogP contribution in [0.3, 0.4) is 0 Å². The first-order valence-corrected chi connectivity index (χ1v) is 6.06. The number of halogens is 1. The Kier molecular flexibility index (Phi) is 5.66. The summed E-state index contributed by atoms with van der Waals surface area (Å²) in [4.78, 5) is 11.7. The van der Waals surface area contributed by atoms with Crippen molar-refractivity contribution in [3.05, 3.63) is 27.3 Å². The molecular weight excluding hydrogens is 337 g/mol. The highest BCUT2D eigenvalue weighted by Gasteiger charge is 2.12. The number of hydrogen-bond acceptors (Lipinski definition) is 4. The molecular formula is C11H14INO4. The van der Waals surface area contributed by atoms with Crippen molar-refractivity contribution in [3.8, 4) is 5.75 Å². The molecule has 6 heteroatoms. The minimum Gasteiger partial charge on any atom is -0.507 e. The van der Waals surface area contributed by atoms with E-state index in [2.05, 4.69) is 27.9 Å². The lowest BCUT2D eigenvalue weighted by atomic mass is 10.2. The second kappa shape index (κ2) is 6.77. The molecule has 0 aliphatic carbocycles. The van der Waals surface area contributed by atoms with E-state index in [-0.39, 0.29) is 24.5 Å². The number of aliphatic hydroxyl groups excluding tert-OH is 1. The molecule has 0 aliphatic heterocycles. The number of nitrogens with one attached hydrogen (secondary N) is 1. The van der Waals surface area contributed by atoms with E-state index in [0.29, 0.717) is 0 Å². The summed E-state index contributed by atoms with van der Waals surface area (Å²) in [5.74, 6) is -0.500. The predicted molar refractivity (Wildman–Crippen MR) is 71.0 cm³/mol. The van der Waals surface area contributed by atoms with Gasteiger partial charge in [0.15, 0.2) is 0 Å². The number of aliphatic hydroxyl groups is 1. The Balaban J connectivity index is 2.61. The molecule has 0 radical (unpaired) electrons. The van der Waals surface area contributed by atoms with Crippen LogP contribution < -0.4 is 5.32 Å². The molecule has 0 saturated heterocycles. The molecule has 1 aromatic rings. The van der Waals surface area contributed by atoms with Gasteiger partial charge in [-0.05, 0) is 40.8 Å². The summed E-state index contributed by atoms with van der Waals surface area (Å²) in [5.41, 5.74) is 0.196. The molecule has 0 spiro atoms. The Hall–Kier alpha value is -0.860. The van der Waals surface area contributed by atoms with Crippen molar-refractivity contribution in [2.75, 3.05) is 20.3 Å². The lowest BCUT2D eigenvalue weighted by Gasteiger charge is -2.11. The number of phenolic OH excluding ortho intramolecular Hbond substituents is 1. The molecule has 5 nitrogen and oxygen atoms in total. The van der Waals surface area contributed by atoms with E-state index in [9.17, 15) is 15.0 Å². The van der Waals surface area contributed by atoms with Gasteiger partial charge in [-0.1, -0.05) is 0 Å². The number of amides is 1. The Bertz CT molecular complexity index is 397. The maximum absolute atomic E-state index is 11.7. The van der Waals surface area contributed by atoms with Crippen LogP contribution in [-0.2, 0) is 4.74 Å². The summed E-state index contributed by atoms with van der Waals surface area (Å²) in [6.45, 7) is 0.232. The van der Waals surface area contributed by atoms with E-state index >= 15 is 0 Å². The second-order valence-electron chi connectivity index (χ2n) is 3.48. The number of methoxy groups -OCH3 is 1.